The molecule has 0 radical (unpaired) electrons. The molecular formula is C11H9BrClF3O. The van der Waals surface area contributed by atoms with Gasteiger partial charge >= 0.3 is 6.18 Å². The van der Waals surface area contributed by atoms with Crippen molar-refractivity contribution in [2.75, 3.05) is 0 Å². The third kappa shape index (κ3) is 3.45. The maximum absolute atomic E-state index is 12.7. The Morgan fingerprint density at radius 2 is 2.06 bits per heavy atom. The molecule has 1 nitrogen and oxygen atoms in total. The van der Waals surface area contributed by atoms with Crippen molar-refractivity contribution in [3.05, 3.63) is 34.9 Å². The molecule has 0 aromatic heterocycles. The number of benzene rings is 1. The van der Waals surface area contributed by atoms with E-state index in [1.54, 1.807) is 0 Å². The van der Waals surface area contributed by atoms with Crippen LogP contribution in [0.25, 0.3) is 0 Å². The summed E-state index contributed by atoms with van der Waals surface area (Å²) in [5.74, 6) is -0.287. The molecule has 94 valence electrons. The van der Waals surface area contributed by atoms with Gasteiger partial charge in [0.05, 0.1) is 10.4 Å². The highest BCUT2D eigenvalue weighted by atomic mass is 79.9. The zero-order valence-corrected chi connectivity index (χ0v) is 11.2. The van der Waals surface area contributed by atoms with Crippen LogP contribution in [0.4, 0.5) is 13.2 Å². The lowest BCUT2D eigenvalue weighted by molar-refractivity contribution is -0.138. The molecule has 0 heterocycles. The predicted octanol–water partition coefficient (Wildman–Crippen LogP) is 4.47. The molecule has 1 aromatic rings. The minimum atomic E-state index is -4.48. The Kier molecular flexibility index (Phi) is 4.61. The number of hydrogen-bond donors (Lipinski definition) is 0. The fourth-order valence-electron chi connectivity index (χ4n) is 1.38. The van der Waals surface area contributed by atoms with Crippen LogP contribution in [0.3, 0.4) is 0 Å². The first-order chi connectivity index (χ1) is 7.77. The van der Waals surface area contributed by atoms with Crippen LogP contribution < -0.4 is 0 Å². The summed E-state index contributed by atoms with van der Waals surface area (Å²) < 4.78 is 38.2. The van der Waals surface area contributed by atoms with Gasteiger partial charge in [0.2, 0.25) is 0 Å². The Morgan fingerprint density at radius 3 is 2.47 bits per heavy atom. The van der Waals surface area contributed by atoms with Crippen LogP contribution in [-0.2, 0) is 16.9 Å². The number of carbonyl (C=O) groups excluding carboxylic acids is 1. The van der Waals surface area contributed by atoms with E-state index >= 15 is 0 Å². The molecule has 0 spiro atoms. The zero-order valence-electron chi connectivity index (χ0n) is 8.81. The van der Waals surface area contributed by atoms with Gasteiger partial charge in [0.25, 0.3) is 0 Å². The van der Waals surface area contributed by atoms with Crippen molar-refractivity contribution >= 4 is 33.3 Å². The van der Waals surface area contributed by atoms with E-state index in [1.807, 2.05) is 0 Å². The molecule has 0 N–H and O–H groups in total. The molecule has 0 saturated heterocycles. The first-order valence-corrected chi connectivity index (χ1v) is 6.13. The lowest BCUT2D eigenvalue weighted by Gasteiger charge is -2.16. The van der Waals surface area contributed by atoms with E-state index in [-0.39, 0.29) is 17.2 Å². The average Bonchev–Trinajstić information content (AvgIpc) is 2.25. The van der Waals surface area contributed by atoms with E-state index in [0.717, 1.165) is 6.07 Å². The van der Waals surface area contributed by atoms with Crippen molar-refractivity contribution in [3.63, 3.8) is 0 Å². The minimum absolute atomic E-state index is 0.0943. The van der Waals surface area contributed by atoms with Gasteiger partial charge in [0.15, 0.2) is 0 Å². The number of Topliss-reactive ketones (excluding diaryl/α,β-unsaturated/α-hetero) is 1. The van der Waals surface area contributed by atoms with E-state index in [2.05, 4.69) is 15.9 Å². The van der Waals surface area contributed by atoms with Gasteiger partial charge in [-0.1, -0.05) is 28.1 Å². The standard InChI is InChI=1S/C11H9BrClF3O/c1-6(17)10(12)8-4-7(5-13)2-3-9(8)11(14,15)16/h2-4,10H,5H2,1H3. The molecule has 0 fully saturated rings. The monoisotopic (exact) mass is 328 g/mol. The molecular weight excluding hydrogens is 320 g/mol. The third-order valence-electron chi connectivity index (χ3n) is 2.21. The number of hydrogen-bond acceptors (Lipinski definition) is 1. The Balaban J connectivity index is 3.36. The summed E-state index contributed by atoms with van der Waals surface area (Å²) in [6, 6.07) is 3.56. The van der Waals surface area contributed by atoms with Crippen LogP contribution in [0.15, 0.2) is 18.2 Å². The minimum Gasteiger partial charge on any atom is -0.298 e. The molecule has 0 aliphatic carbocycles. The summed E-state index contributed by atoms with van der Waals surface area (Å²) in [5, 5.41) is 0. The Bertz CT molecular complexity index is 431. The Morgan fingerprint density at radius 1 is 1.47 bits per heavy atom. The van der Waals surface area contributed by atoms with Crippen molar-refractivity contribution in [2.24, 2.45) is 0 Å². The summed E-state index contributed by atoms with van der Waals surface area (Å²) in [6.07, 6.45) is -4.48. The molecule has 0 bridgehead atoms. The van der Waals surface area contributed by atoms with Crippen molar-refractivity contribution < 1.29 is 18.0 Å². The van der Waals surface area contributed by atoms with Crippen LogP contribution in [0, 0.1) is 0 Å². The van der Waals surface area contributed by atoms with E-state index in [1.165, 1.54) is 19.1 Å². The van der Waals surface area contributed by atoms with E-state index in [9.17, 15) is 18.0 Å². The maximum Gasteiger partial charge on any atom is 0.416 e. The zero-order chi connectivity index (χ0) is 13.2. The van der Waals surface area contributed by atoms with Crippen molar-refractivity contribution in [1.82, 2.24) is 0 Å². The number of carbonyl (C=O) groups is 1. The number of alkyl halides is 5. The highest BCUT2D eigenvalue weighted by Crippen LogP contribution is 2.38. The normalized spacial score (nSPS) is 13.5. The summed E-state index contributed by atoms with van der Waals surface area (Å²) in [7, 11) is 0. The van der Waals surface area contributed by atoms with Gasteiger partial charge in [-0.05, 0) is 24.1 Å². The molecule has 1 aromatic carbocycles. The van der Waals surface area contributed by atoms with Gasteiger partial charge in [-0.25, -0.2) is 0 Å². The van der Waals surface area contributed by atoms with Crippen molar-refractivity contribution in [3.8, 4) is 0 Å². The van der Waals surface area contributed by atoms with Crippen LogP contribution in [0.1, 0.15) is 28.4 Å². The van der Waals surface area contributed by atoms with Crippen molar-refractivity contribution in [2.45, 2.75) is 23.8 Å². The molecule has 0 aliphatic rings. The molecule has 17 heavy (non-hydrogen) atoms. The van der Waals surface area contributed by atoms with Crippen LogP contribution in [-0.4, -0.2) is 5.78 Å². The van der Waals surface area contributed by atoms with Gasteiger partial charge in [-0.2, -0.15) is 13.2 Å². The van der Waals surface area contributed by atoms with Gasteiger partial charge in [0, 0.05) is 5.88 Å². The average molecular weight is 330 g/mol. The largest absolute Gasteiger partial charge is 0.416 e. The molecule has 0 amide bonds. The van der Waals surface area contributed by atoms with Gasteiger partial charge < -0.3 is 0 Å². The molecule has 0 saturated carbocycles. The van der Waals surface area contributed by atoms with Crippen LogP contribution in [0.5, 0.6) is 0 Å². The fourth-order valence-corrected chi connectivity index (χ4v) is 1.93. The highest BCUT2D eigenvalue weighted by molar-refractivity contribution is 9.09. The Labute approximate surface area is 110 Å². The number of rotatable bonds is 3. The SMILES string of the molecule is CC(=O)C(Br)c1cc(CCl)ccc1C(F)(F)F. The second-order valence-corrected chi connectivity index (χ2v) is 4.71. The van der Waals surface area contributed by atoms with E-state index in [4.69, 9.17) is 11.6 Å². The van der Waals surface area contributed by atoms with Gasteiger partial charge in [-0.15, -0.1) is 11.6 Å². The third-order valence-corrected chi connectivity index (χ3v) is 3.65. The molecule has 1 rings (SSSR count). The van der Waals surface area contributed by atoms with Crippen LogP contribution >= 0.6 is 27.5 Å². The molecule has 1 atom stereocenters. The van der Waals surface area contributed by atoms with Gasteiger partial charge in [-0.3, -0.25) is 4.79 Å². The summed E-state index contributed by atoms with van der Waals surface area (Å²) in [5.41, 5.74) is -0.369. The predicted molar refractivity (Wildman–Crippen MR) is 63.4 cm³/mol. The lowest BCUT2D eigenvalue weighted by atomic mass is 9.99. The maximum atomic E-state index is 12.7. The molecule has 6 heteroatoms. The second kappa shape index (κ2) is 5.40. The second-order valence-electron chi connectivity index (χ2n) is 3.53. The van der Waals surface area contributed by atoms with E-state index in [0.29, 0.717) is 5.56 Å². The molecule has 1 unspecified atom stereocenters. The van der Waals surface area contributed by atoms with Gasteiger partial charge in [0.1, 0.15) is 5.78 Å². The smallest absolute Gasteiger partial charge is 0.298 e. The quantitative estimate of drug-likeness (QED) is 0.748. The lowest BCUT2D eigenvalue weighted by Crippen LogP contribution is -2.13. The summed E-state index contributed by atoms with van der Waals surface area (Å²) in [6.45, 7) is 1.23. The van der Waals surface area contributed by atoms with Crippen molar-refractivity contribution in [1.29, 1.82) is 0 Å². The Hall–Kier alpha value is -0.550. The first kappa shape index (κ1) is 14.5. The topological polar surface area (TPSA) is 17.1 Å². The first-order valence-electron chi connectivity index (χ1n) is 4.68. The molecule has 0 aliphatic heterocycles. The fraction of sp³-hybridized carbons (Fsp3) is 0.364. The highest BCUT2D eigenvalue weighted by Gasteiger charge is 2.35. The number of ketones is 1. The van der Waals surface area contributed by atoms with Crippen LogP contribution in [0.2, 0.25) is 0 Å². The summed E-state index contributed by atoms with van der Waals surface area (Å²) >= 11 is 8.53. The number of halogens is 5. The summed E-state index contributed by atoms with van der Waals surface area (Å²) in [4.78, 5) is 10.2. The van der Waals surface area contributed by atoms with E-state index < -0.39 is 16.6 Å².